The Kier molecular flexibility index (Phi) is 5.89. The number of anilines is 1. The maximum absolute atomic E-state index is 11.9. The molecule has 24 heavy (non-hydrogen) atoms. The lowest BCUT2D eigenvalue weighted by Crippen LogP contribution is -2.36. The smallest absolute Gasteiger partial charge is 0.370 e. The fourth-order valence-electron chi connectivity index (χ4n) is 2.44. The second-order valence-corrected chi connectivity index (χ2v) is 5.34. The van der Waals surface area contributed by atoms with Crippen molar-refractivity contribution in [2.45, 2.75) is 20.4 Å². The molecule has 0 aliphatic rings. The van der Waals surface area contributed by atoms with Crippen LogP contribution in [-0.4, -0.2) is 40.2 Å². The Morgan fingerprint density at radius 3 is 2.75 bits per heavy atom. The average molecular weight is 331 g/mol. The molecule has 0 atom stereocenters. The highest BCUT2D eigenvalue weighted by atomic mass is 16.6. The van der Waals surface area contributed by atoms with Gasteiger partial charge in [-0.1, -0.05) is 18.2 Å². The van der Waals surface area contributed by atoms with Crippen LogP contribution in [0.4, 0.5) is 11.5 Å². The van der Waals surface area contributed by atoms with E-state index in [1.54, 1.807) is 0 Å². The first-order chi connectivity index (χ1) is 11.5. The number of para-hydroxylation sites is 1. The molecule has 0 bridgehead atoms. The molecule has 1 heterocycles. The van der Waals surface area contributed by atoms with Gasteiger partial charge in [0.15, 0.2) is 0 Å². The number of nitrogens with zero attached hydrogens (tertiary/aromatic N) is 4. The zero-order chi connectivity index (χ0) is 17.5. The zero-order valence-electron chi connectivity index (χ0n) is 13.8. The molecule has 128 valence electrons. The number of nitrogens with one attached hydrogen (secondary N) is 1. The van der Waals surface area contributed by atoms with Crippen LogP contribution in [0.25, 0.3) is 0 Å². The van der Waals surface area contributed by atoms with Crippen molar-refractivity contribution >= 4 is 17.4 Å². The minimum atomic E-state index is -0.588. The molecule has 1 N–H and O–H groups in total. The van der Waals surface area contributed by atoms with Gasteiger partial charge >= 0.3 is 5.82 Å². The molecule has 2 aromatic rings. The summed E-state index contributed by atoms with van der Waals surface area (Å²) < 4.78 is 1.26. The maximum atomic E-state index is 11.9. The Hall–Kier alpha value is -2.90. The van der Waals surface area contributed by atoms with Crippen molar-refractivity contribution in [2.24, 2.45) is 0 Å². The molecular formula is C16H21N5O3. The van der Waals surface area contributed by atoms with E-state index in [1.165, 1.54) is 22.5 Å². The molecule has 1 amide bonds. The lowest BCUT2D eigenvalue weighted by Gasteiger charge is -2.25. The Labute approximate surface area is 140 Å². The third-order valence-electron chi connectivity index (χ3n) is 3.66. The van der Waals surface area contributed by atoms with E-state index in [2.05, 4.69) is 41.3 Å². The predicted molar refractivity (Wildman–Crippen MR) is 91.0 cm³/mol. The van der Waals surface area contributed by atoms with E-state index in [0.29, 0.717) is 13.1 Å². The van der Waals surface area contributed by atoms with Gasteiger partial charge in [0.05, 0.1) is 17.4 Å². The normalized spacial score (nSPS) is 10.4. The van der Waals surface area contributed by atoms with Crippen LogP contribution in [0, 0.1) is 17.0 Å². The van der Waals surface area contributed by atoms with Crippen LogP contribution >= 0.6 is 0 Å². The van der Waals surface area contributed by atoms with E-state index in [0.717, 1.165) is 12.2 Å². The van der Waals surface area contributed by atoms with Crippen molar-refractivity contribution < 1.29 is 9.72 Å². The van der Waals surface area contributed by atoms with Gasteiger partial charge in [0.25, 0.3) is 0 Å². The highest BCUT2D eigenvalue weighted by molar-refractivity contribution is 5.75. The third-order valence-corrected chi connectivity index (χ3v) is 3.66. The number of hydrogen-bond acceptors (Lipinski definition) is 5. The molecule has 0 aliphatic carbocycles. The minimum absolute atomic E-state index is 0.0374. The van der Waals surface area contributed by atoms with Crippen LogP contribution < -0.4 is 10.2 Å². The van der Waals surface area contributed by atoms with E-state index in [1.807, 2.05) is 12.1 Å². The van der Waals surface area contributed by atoms with Gasteiger partial charge < -0.3 is 20.3 Å². The second-order valence-electron chi connectivity index (χ2n) is 5.34. The van der Waals surface area contributed by atoms with Crippen LogP contribution in [0.5, 0.6) is 0 Å². The number of rotatable bonds is 8. The summed E-state index contributed by atoms with van der Waals surface area (Å²) >= 11 is 0. The first-order valence-electron chi connectivity index (χ1n) is 7.76. The largest absolute Gasteiger partial charge is 0.389 e. The maximum Gasteiger partial charge on any atom is 0.389 e. The summed E-state index contributed by atoms with van der Waals surface area (Å²) in [5, 5.41) is 17.1. The number of likely N-dealkylation sites (N-methyl/N-ethyl adjacent to an activating group) is 1. The van der Waals surface area contributed by atoms with Gasteiger partial charge in [-0.2, -0.15) is 4.68 Å². The van der Waals surface area contributed by atoms with Crippen molar-refractivity contribution in [3.05, 3.63) is 52.2 Å². The van der Waals surface area contributed by atoms with E-state index in [-0.39, 0.29) is 18.3 Å². The number of carbonyl (C=O) groups is 1. The monoisotopic (exact) mass is 331 g/mol. The summed E-state index contributed by atoms with van der Waals surface area (Å²) in [5.74, 6) is -0.492. The predicted octanol–water partition coefficient (Wildman–Crippen LogP) is 1.74. The molecule has 0 spiro atoms. The van der Waals surface area contributed by atoms with Gasteiger partial charge in [-0.25, -0.2) is 0 Å². The molecule has 1 aromatic carbocycles. The second kappa shape index (κ2) is 8.09. The van der Waals surface area contributed by atoms with Crippen LogP contribution in [0.2, 0.25) is 0 Å². The van der Waals surface area contributed by atoms with Gasteiger partial charge in [0.1, 0.15) is 6.54 Å². The van der Waals surface area contributed by atoms with Crippen LogP contribution in [0.1, 0.15) is 12.5 Å². The van der Waals surface area contributed by atoms with E-state index >= 15 is 0 Å². The van der Waals surface area contributed by atoms with Crippen molar-refractivity contribution in [3.63, 3.8) is 0 Å². The van der Waals surface area contributed by atoms with Gasteiger partial charge in [-0.15, -0.1) is 0 Å². The lowest BCUT2D eigenvalue weighted by molar-refractivity contribution is -0.389. The molecule has 1 aromatic heterocycles. The van der Waals surface area contributed by atoms with Gasteiger partial charge in [0, 0.05) is 25.3 Å². The van der Waals surface area contributed by atoms with Crippen molar-refractivity contribution in [3.8, 4) is 0 Å². The molecule has 0 aliphatic heterocycles. The van der Waals surface area contributed by atoms with Gasteiger partial charge in [-0.3, -0.25) is 4.79 Å². The molecule has 2 rings (SSSR count). The van der Waals surface area contributed by atoms with Crippen LogP contribution in [0.15, 0.2) is 36.5 Å². The Morgan fingerprint density at radius 2 is 2.12 bits per heavy atom. The van der Waals surface area contributed by atoms with Crippen molar-refractivity contribution in [1.29, 1.82) is 0 Å². The summed E-state index contributed by atoms with van der Waals surface area (Å²) in [5.41, 5.74) is 2.34. The fraction of sp³-hybridized carbons (Fsp3) is 0.375. The molecule has 0 unspecified atom stereocenters. The molecule has 0 radical (unpaired) electrons. The Balaban J connectivity index is 1.82. The first-order valence-corrected chi connectivity index (χ1v) is 7.76. The zero-order valence-corrected chi connectivity index (χ0v) is 13.8. The van der Waals surface area contributed by atoms with Gasteiger partial charge in [0.2, 0.25) is 5.91 Å². The highest BCUT2D eigenvalue weighted by Gasteiger charge is 2.13. The number of carbonyl (C=O) groups excluding carboxylic acids is 1. The SMILES string of the molecule is CCN(CCNC(=O)Cn1ccc([N+](=O)[O-])n1)c1ccccc1C. The highest BCUT2D eigenvalue weighted by Crippen LogP contribution is 2.18. The summed E-state index contributed by atoms with van der Waals surface area (Å²) in [6.45, 7) is 6.10. The number of hydrogen-bond donors (Lipinski definition) is 1. The Morgan fingerprint density at radius 1 is 1.38 bits per heavy atom. The molecule has 0 saturated heterocycles. The fourth-order valence-corrected chi connectivity index (χ4v) is 2.44. The quantitative estimate of drug-likeness (QED) is 0.587. The van der Waals surface area contributed by atoms with Crippen molar-refractivity contribution in [1.82, 2.24) is 15.1 Å². The summed E-state index contributed by atoms with van der Waals surface area (Å²) in [6.07, 6.45) is 1.42. The Bertz CT molecular complexity index is 713. The topological polar surface area (TPSA) is 93.3 Å². The lowest BCUT2D eigenvalue weighted by atomic mass is 10.2. The standard InChI is InChI=1S/C16H21N5O3/c1-3-19(14-7-5-4-6-13(14)2)11-9-17-16(22)12-20-10-8-15(18-20)21(23)24/h4-8,10H,3,9,11-12H2,1-2H3,(H,17,22). The molecular weight excluding hydrogens is 310 g/mol. The molecule has 8 heteroatoms. The molecule has 0 fully saturated rings. The number of amides is 1. The van der Waals surface area contributed by atoms with E-state index < -0.39 is 4.92 Å². The van der Waals surface area contributed by atoms with Gasteiger partial charge in [-0.05, 0) is 30.4 Å². The molecule has 0 saturated carbocycles. The van der Waals surface area contributed by atoms with E-state index in [4.69, 9.17) is 0 Å². The third kappa shape index (κ3) is 4.55. The number of aromatic nitrogens is 2. The summed E-state index contributed by atoms with van der Waals surface area (Å²) in [7, 11) is 0. The summed E-state index contributed by atoms with van der Waals surface area (Å²) in [6, 6.07) is 9.38. The first kappa shape index (κ1) is 17.5. The summed E-state index contributed by atoms with van der Waals surface area (Å²) in [4.78, 5) is 24.1. The number of aryl methyl sites for hydroxylation is 1. The van der Waals surface area contributed by atoms with E-state index in [9.17, 15) is 14.9 Å². The number of nitro groups is 1. The van der Waals surface area contributed by atoms with Crippen LogP contribution in [-0.2, 0) is 11.3 Å². The average Bonchev–Trinajstić information content (AvgIpc) is 3.01. The van der Waals surface area contributed by atoms with Crippen molar-refractivity contribution in [2.75, 3.05) is 24.5 Å². The minimum Gasteiger partial charge on any atom is -0.370 e. The van der Waals surface area contributed by atoms with Crippen LogP contribution in [0.3, 0.4) is 0 Å². The molecule has 8 nitrogen and oxygen atoms in total. The number of benzene rings is 1.